The van der Waals surface area contributed by atoms with Gasteiger partial charge in [-0.3, -0.25) is 0 Å². The van der Waals surface area contributed by atoms with Crippen LogP contribution in [0.25, 0.3) is 0 Å². The number of nitrogens with zero attached hydrogens (tertiary/aromatic N) is 4. The van der Waals surface area contributed by atoms with Crippen LogP contribution in [0.5, 0.6) is 0 Å². The van der Waals surface area contributed by atoms with E-state index in [2.05, 4.69) is 36.8 Å². The van der Waals surface area contributed by atoms with Crippen molar-refractivity contribution in [3.05, 3.63) is 23.9 Å². The van der Waals surface area contributed by atoms with Gasteiger partial charge in [0, 0.05) is 39.1 Å². The Kier molecular flexibility index (Phi) is 8.61. The fourth-order valence-electron chi connectivity index (χ4n) is 1.76. The highest BCUT2D eigenvalue weighted by Gasteiger charge is 2.13. The van der Waals surface area contributed by atoms with Gasteiger partial charge in [-0.15, -0.1) is 35.7 Å². The van der Waals surface area contributed by atoms with Crippen molar-refractivity contribution in [1.82, 2.24) is 14.8 Å². The van der Waals surface area contributed by atoms with Crippen molar-refractivity contribution in [2.24, 2.45) is 4.99 Å². The molecule has 4 nitrogen and oxygen atoms in total. The molecule has 0 N–H and O–H groups in total. The third kappa shape index (κ3) is 7.90. The summed E-state index contributed by atoms with van der Waals surface area (Å²) in [5, 5.41) is 1.06. The lowest BCUT2D eigenvalue weighted by atomic mass is 10.3. The molecular weight excluding hydrogens is 395 g/mol. The Morgan fingerprint density at radius 3 is 2.24 bits per heavy atom. The second kappa shape index (κ2) is 8.82. The molecule has 1 rings (SSSR count). The van der Waals surface area contributed by atoms with Gasteiger partial charge < -0.3 is 9.80 Å². The smallest absolute Gasteiger partial charge is 0.195 e. The van der Waals surface area contributed by atoms with E-state index in [1.54, 1.807) is 11.8 Å². The molecule has 0 bridgehead atoms. The highest BCUT2D eigenvalue weighted by molar-refractivity contribution is 14.0. The van der Waals surface area contributed by atoms with Crippen LogP contribution in [0.1, 0.15) is 26.3 Å². The summed E-state index contributed by atoms with van der Waals surface area (Å²) in [5.41, 5.74) is 1.19. The maximum atomic E-state index is 4.66. The normalized spacial score (nSPS) is 10.6. The minimum atomic E-state index is 0. The van der Waals surface area contributed by atoms with Crippen LogP contribution in [0.2, 0.25) is 0 Å². The molecular formula is C15H27IN4S. The number of pyridine rings is 1. The number of aliphatic imine (C=N–C) groups is 1. The number of guanidine groups is 1. The maximum Gasteiger partial charge on any atom is 0.195 e. The lowest BCUT2D eigenvalue weighted by Gasteiger charge is -2.22. The molecule has 0 fully saturated rings. The molecule has 0 aliphatic carbocycles. The highest BCUT2D eigenvalue weighted by atomic mass is 127. The van der Waals surface area contributed by atoms with Gasteiger partial charge in [-0.05, 0) is 17.7 Å². The van der Waals surface area contributed by atoms with E-state index in [4.69, 9.17) is 0 Å². The Labute approximate surface area is 150 Å². The Balaban J connectivity index is 0.00000400. The van der Waals surface area contributed by atoms with E-state index in [0.29, 0.717) is 6.54 Å². The summed E-state index contributed by atoms with van der Waals surface area (Å²) in [6, 6.07) is 4.15. The lowest BCUT2D eigenvalue weighted by molar-refractivity contribution is 0.479. The first kappa shape index (κ1) is 20.5. The number of hydrogen-bond acceptors (Lipinski definition) is 3. The molecule has 0 radical (unpaired) electrons. The molecule has 1 aromatic rings. The van der Waals surface area contributed by atoms with Crippen LogP contribution in [-0.4, -0.2) is 53.7 Å². The minimum absolute atomic E-state index is 0. The molecule has 0 aromatic carbocycles. The number of halogens is 1. The highest BCUT2D eigenvalue weighted by Crippen LogP contribution is 2.30. The van der Waals surface area contributed by atoms with Crippen LogP contribution < -0.4 is 0 Å². The zero-order chi connectivity index (χ0) is 15.3. The average Bonchev–Trinajstić information content (AvgIpc) is 2.26. The SMILES string of the molecule is CN(C)C(=NCc1ccnc(SC(C)(C)C)c1)N(C)C.I. The molecule has 0 unspecified atom stereocenters. The predicted molar refractivity (Wildman–Crippen MR) is 104 cm³/mol. The van der Waals surface area contributed by atoms with Crippen molar-refractivity contribution in [3.8, 4) is 0 Å². The molecule has 120 valence electrons. The largest absolute Gasteiger partial charge is 0.349 e. The number of aromatic nitrogens is 1. The van der Waals surface area contributed by atoms with Crippen molar-refractivity contribution in [1.29, 1.82) is 0 Å². The van der Waals surface area contributed by atoms with Gasteiger partial charge >= 0.3 is 0 Å². The Morgan fingerprint density at radius 1 is 1.19 bits per heavy atom. The van der Waals surface area contributed by atoms with Gasteiger partial charge in [0.15, 0.2) is 5.96 Å². The lowest BCUT2D eigenvalue weighted by Crippen LogP contribution is -2.35. The van der Waals surface area contributed by atoms with Gasteiger partial charge in [0.2, 0.25) is 0 Å². The van der Waals surface area contributed by atoms with Crippen LogP contribution in [0.15, 0.2) is 28.3 Å². The molecule has 0 amide bonds. The minimum Gasteiger partial charge on any atom is -0.349 e. The maximum absolute atomic E-state index is 4.66. The topological polar surface area (TPSA) is 31.7 Å². The summed E-state index contributed by atoms with van der Waals surface area (Å²) in [4.78, 5) is 13.1. The molecule has 0 saturated carbocycles. The summed E-state index contributed by atoms with van der Waals surface area (Å²) in [5.74, 6) is 0.965. The van der Waals surface area contributed by atoms with Crippen LogP contribution >= 0.6 is 35.7 Å². The summed E-state index contributed by atoms with van der Waals surface area (Å²) in [6.07, 6.45) is 1.86. The predicted octanol–water partition coefficient (Wildman–Crippen LogP) is 3.57. The van der Waals surface area contributed by atoms with Gasteiger partial charge in [-0.25, -0.2) is 9.98 Å². The fraction of sp³-hybridized carbons (Fsp3) is 0.600. The third-order valence-electron chi connectivity index (χ3n) is 2.41. The summed E-state index contributed by atoms with van der Waals surface area (Å²) < 4.78 is 0.174. The third-order valence-corrected chi connectivity index (χ3v) is 3.46. The fourth-order valence-corrected chi connectivity index (χ4v) is 2.71. The molecule has 0 aliphatic rings. The Bertz CT molecular complexity index is 457. The quantitative estimate of drug-likeness (QED) is 0.323. The Morgan fingerprint density at radius 2 is 1.76 bits per heavy atom. The van der Waals surface area contributed by atoms with Gasteiger partial charge in [0.05, 0.1) is 11.6 Å². The van der Waals surface area contributed by atoms with Gasteiger partial charge in [0.1, 0.15) is 0 Å². The molecule has 21 heavy (non-hydrogen) atoms. The van der Waals surface area contributed by atoms with Crippen molar-refractivity contribution < 1.29 is 0 Å². The molecule has 1 heterocycles. The van der Waals surface area contributed by atoms with E-state index in [1.807, 2.05) is 50.3 Å². The second-order valence-electron chi connectivity index (χ2n) is 6.12. The van der Waals surface area contributed by atoms with Crippen molar-refractivity contribution in [3.63, 3.8) is 0 Å². The van der Waals surface area contributed by atoms with Gasteiger partial charge in [-0.2, -0.15) is 0 Å². The average molecular weight is 422 g/mol. The monoisotopic (exact) mass is 422 g/mol. The molecule has 1 aromatic heterocycles. The number of hydrogen-bond donors (Lipinski definition) is 0. The van der Waals surface area contributed by atoms with Crippen LogP contribution in [0, 0.1) is 0 Å². The van der Waals surface area contributed by atoms with E-state index in [9.17, 15) is 0 Å². The van der Waals surface area contributed by atoms with Crippen LogP contribution in [0.3, 0.4) is 0 Å². The molecule has 0 aliphatic heterocycles. The molecule has 6 heteroatoms. The zero-order valence-electron chi connectivity index (χ0n) is 14.0. The van der Waals surface area contributed by atoms with Gasteiger partial charge in [-0.1, -0.05) is 20.8 Å². The first-order valence-electron chi connectivity index (χ1n) is 6.72. The first-order valence-corrected chi connectivity index (χ1v) is 7.54. The first-order chi connectivity index (χ1) is 9.19. The Hall–Kier alpha value is -0.500. The van der Waals surface area contributed by atoms with Crippen LogP contribution in [-0.2, 0) is 6.54 Å². The van der Waals surface area contributed by atoms with E-state index >= 15 is 0 Å². The molecule has 0 saturated heterocycles. The number of rotatable bonds is 3. The standard InChI is InChI=1S/C15H26N4S.HI/c1-15(2,3)20-13-10-12(8-9-16-13)11-17-14(18(4)5)19(6)7;/h8-10H,11H2,1-7H3;1H. The number of thioether (sulfide) groups is 1. The second-order valence-corrected chi connectivity index (χ2v) is 7.97. The van der Waals surface area contributed by atoms with Crippen LogP contribution in [0.4, 0.5) is 0 Å². The zero-order valence-corrected chi connectivity index (χ0v) is 17.2. The van der Waals surface area contributed by atoms with E-state index in [0.717, 1.165) is 11.0 Å². The van der Waals surface area contributed by atoms with E-state index < -0.39 is 0 Å². The summed E-state index contributed by atoms with van der Waals surface area (Å²) in [6.45, 7) is 7.26. The summed E-state index contributed by atoms with van der Waals surface area (Å²) in [7, 11) is 8.02. The van der Waals surface area contributed by atoms with Crippen molar-refractivity contribution in [2.75, 3.05) is 28.2 Å². The van der Waals surface area contributed by atoms with Gasteiger partial charge in [0.25, 0.3) is 0 Å². The molecule has 0 atom stereocenters. The molecule has 0 spiro atoms. The van der Waals surface area contributed by atoms with Crippen molar-refractivity contribution >= 4 is 41.7 Å². The van der Waals surface area contributed by atoms with E-state index in [1.165, 1.54) is 5.56 Å². The summed E-state index contributed by atoms with van der Waals surface area (Å²) >= 11 is 1.78. The van der Waals surface area contributed by atoms with E-state index in [-0.39, 0.29) is 28.7 Å². The van der Waals surface area contributed by atoms with Crippen molar-refractivity contribution in [2.45, 2.75) is 37.1 Å².